The van der Waals surface area contributed by atoms with Crippen LogP contribution >= 0.6 is 0 Å². The SMILES string of the molecule is Cc1ccc(CNCc2cccc3cnccc23)cc1. The van der Waals surface area contributed by atoms with Crippen LogP contribution in [0.5, 0.6) is 0 Å². The highest BCUT2D eigenvalue weighted by atomic mass is 14.8. The van der Waals surface area contributed by atoms with Crippen molar-refractivity contribution in [1.29, 1.82) is 0 Å². The number of nitrogens with zero attached hydrogens (tertiary/aromatic N) is 1. The van der Waals surface area contributed by atoms with Gasteiger partial charge in [-0.25, -0.2) is 0 Å². The van der Waals surface area contributed by atoms with Crippen LogP contribution in [0.3, 0.4) is 0 Å². The standard InChI is InChI=1S/C18H18N2/c1-14-5-7-15(8-6-14)11-20-13-17-4-2-3-16-12-19-10-9-18(16)17/h2-10,12,20H,11,13H2,1H3. The van der Waals surface area contributed by atoms with E-state index in [1.54, 1.807) is 0 Å². The zero-order valence-corrected chi connectivity index (χ0v) is 11.6. The van der Waals surface area contributed by atoms with Gasteiger partial charge in [0.2, 0.25) is 0 Å². The fourth-order valence-corrected chi connectivity index (χ4v) is 2.39. The van der Waals surface area contributed by atoms with Gasteiger partial charge in [-0.1, -0.05) is 48.0 Å². The van der Waals surface area contributed by atoms with Gasteiger partial charge in [0, 0.05) is 30.9 Å². The highest BCUT2D eigenvalue weighted by Crippen LogP contribution is 2.17. The van der Waals surface area contributed by atoms with E-state index in [2.05, 4.69) is 65.8 Å². The molecule has 0 aliphatic rings. The molecule has 20 heavy (non-hydrogen) atoms. The molecule has 0 radical (unpaired) electrons. The summed E-state index contributed by atoms with van der Waals surface area (Å²) in [6.07, 6.45) is 3.77. The van der Waals surface area contributed by atoms with Gasteiger partial charge in [0.05, 0.1) is 0 Å². The quantitative estimate of drug-likeness (QED) is 0.773. The van der Waals surface area contributed by atoms with Crippen LogP contribution in [0.2, 0.25) is 0 Å². The number of fused-ring (bicyclic) bond motifs is 1. The third-order valence-electron chi connectivity index (χ3n) is 3.54. The van der Waals surface area contributed by atoms with Crippen LogP contribution in [0.1, 0.15) is 16.7 Å². The first-order valence-corrected chi connectivity index (χ1v) is 6.91. The number of hydrogen-bond donors (Lipinski definition) is 1. The summed E-state index contributed by atoms with van der Waals surface area (Å²) in [6, 6.07) is 17.1. The summed E-state index contributed by atoms with van der Waals surface area (Å²) in [7, 11) is 0. The Hall–Kier alpha value is -2.19. The minimum Gasteiger partial charge on any atom is -0.309 e. The molecule has 0 unspecified atom stereocenters. The van der Waals surface area contributed by atoms with Crippen LogP contribution < -0.4 is 5.32 Å². The van der Waals surface area contributed by atoms with E-state index in [0.717, 1.165) is 13.1 Å². The topological polar surface area (TPSA) is 24.9 Å². The summed E-state index contributed by atoms with van der Waals surface area (Å²) in [6.45, 7) is 3.87. The molecule has 3 aromatic rings. The Kier molecular flexibility index (Phi) is 3.75. The molecule has 100 valence electrons. The number of benzene rings is 2. The van der Waals surface area contributed by atoms with Crippen LogP contribution in [0, 0.1) is 6.92 Å². The van der Waals surface area contributed by atoms with Gasteiger partial charge in [0.25, 0.3) is 0 Å². The molecule has 0 fully saturated rings. The zero-order chi connectivity index (χ0) is 13.8. The number of nitrogens with one attached hydrogen (secondary N) is 1. The Morgan fingerprint density at radius 3 is 2.65 bits per heavy atom. The van der Waals surface area contributed by atoms with Gasteiger partial charge in [0.15, 0.2) is 0 Å². The lowest BCUT2D eigenvalue weighted by molar-refractivity contribution is 0.696. The van der Waals surface area contributed by atoms with Crippen molar-refractivity contribution in [2.24, 2.45) is 0 Å². The van der Waals surface area contributed by atoms with Crippen molar-refractivity contribution in [3.8, 4) is 0 Å². The first-order valence-electron chi connectivity index (χ1n) is 6.91. The Bertz CT molecular complexity index is 697. The Morgan fingerprint density at radius 1 is 0.950 bits per heavy atom. The molecule has 2 nitrogen and oxygen atoms in total. The van der Waals surface area contributed by atoms with Crippen LogP contribution in [-0.2, 0) is 13.1 Å². The molecule has 0 saturated carbocycles. The third kappa shape index (κ3) is 2.86. The fraction of sp³-hybridized carbons (Fsp3) is 0.167. The molecule has 1 aromatic heterocycles. The molecule has 0 saturated heterocycles. The van der Waals surface area contributed by atoms with E-state index in [0.29, 0.717) is 0 Å². The normalized spacial score (nSPS) is 10.8. The Labute approximate surface area is 119 Å². The maximum atomic E-state index is 4.17. The molecule has 0 aliphatic carbocycles. The van der Waals surface area contributed by atoms with Crippen LogP contribution in [-0.4, -0.2) is 4.98 Å². The van der Waals surface area contributed by atoms with Gasteiger partial charge in [-0.15, -0.1) is 0 Å². The van der Waals surface area contributed by atoms with Crippen molar-refractivity contribution < 1.29 is 0 Å². The Balaban J connectivity index is 1.69. The highest BCUT2D eigenvalue weighted by Gasteiger charge is 2.00. The zero-order valence-electron chi connectivity index (χ0n) is 11.6. The van der Waals surface area contributed by atoms with E-state index in [-0.39, 0.29) is 0 Å². The second-order valence-corrected chi connectivity index (χ2v) is 5.10. The lowest BCUT2D eigenvalue weighted by atomic mass is 10.1. The van der Waals surface area contributed by atoms with Gasteiger partial charge in [0.1, 0.15) is 0 Å². The smallest absolute Gasteiger partial charge is 0.0346 e. The first-order chi connectivity index (χ1) is 9.83. The predicted octanol–water partition coefficient (Wildman–Crippen LogP) is 3.83. The predicted molar refractivity (Wildman–Crippen MR) is 83.5 cm³/mol. The van der Waals surface area contributed by atoms with Crippen LogP contribution in [0.15, 0.2) is 60.9 Å². The number of aromatic nitrogens is 1. The average Bonchev–Trinajstić information content (AvgIpc) is 2.49. The van der Waals surface area contributed by atoms with Gasteiger partial charge < -0.3 is 5.32 Å². The summed E-state index contributed by atoms with van der Waals surface area (Å²) in [5.41, 5.74) is 3.94. The summed E-state index contributed by atoms with van der Waals surface area (Å²) in [5, 5.41) is 5.98. The van der Waals surface area contributed by atoms with Crippen molar-refractivity contribution in [1.82, 2.24) is 10.3 Å². The maximum absolute atomic E-state index is 4.17. The lowest BCUT2D eigenvalue weighted by Gasteiger charge is -2.08. The van der Waals surface area contributed by atoms with Gasteiger partial charge in [-0.05, 0) is 29.5 Å². The van der Waals surface area contributed by atoms with Gasteiger partial charge in [-0.2, -0.15) is 0 Å². The molecule has 2 heteroatoms. The van der Waals surface area contributed by atoms with Crippen LogP contribution in [0.4, 0.5) is 0 Å². The molecule has 2 aromatic carbocycles. The number of rotatable bonds is 4. The molecule has 0 bridgehead atoms. The van der Waals surface area contributed by atoms with E-state index in [9.17, 15) is 0 Å². The molecular weight excluding hydrogens is 244 g/mol. The van der Waals surface area contributed by atoms with E-state index in [4.69, 9.17) is 0 Å². The van der Waals surface area contributed by atoms with Crippen LogP contribution in [0.25, 0.3) is 10.8 Å². The van der Waals surface area contributed by atoms with Crippen molar-refractivity contribution in [3.05, 3.63) is 77.6 Å². The largest absolute Gasteiger partial charge is 0.309 e. The molecule has 0 atom stereocenters. The fourth-order valence-electron chi connectivity index (χ4n) is 2.39. The number of aryl methyl sites for hydroxylation is 1. The molecule has 0 amide bonds. The average molecular weight is 262 g/mol. The lowest BCUT2D eigenvalue weighted by Crippen LogP contribution is -2.12. The van der Waals surface area contributed by atoms with Crippen molar-refractivity contribution >= 4 is 10.8 Å². The van der Waals surface area contributed by atoms with Crippen molar-refractivity contribution in [3.63, 3.8) is 0 Å². The second-order valence-electron chi connectivity index (χ2n) is 5.10. The second kappa shape index (κ2) is 5.85. The number of hydrogen-bond acceptors (Lipinski definition) is 2. The minimum absolute atomic E-state index is 0.870. The maximum Gasteiger partial charge on any atom is 0.0346 e. The number of pyridine rings is 1. The van der Waals surface area contributed by atoms with Gasteiger partial charge >= 0.3 is 0 Å². The third-order valence-corrected chi connectivity index (χ3v) is 3.54. The van der Waals surface area contributed by atoms with E-state index in [1.807, 2.05) is 12.4 Å². The summed E-state index contributed by atoms with van der Waals surface area (Å²) in [5.74, 6) is 0. The van der Waals surface area contributed by atoms with Gasteiger partial charge in [-0.3, -0.25) is 4.98 Å². The molecule has 1 heterocycles. The molecule has 3 rings (SSSR count). The van der Waals surface area contributed by atoms with Crippen molar-refractivity contribution in [2.75, 3.05) is 0 Å². The first kappa shape index (κ1) is 12.8. The minimum atomic E-state index is 0.870. The van der Waals surface area contributed by atoms with E-state index >= 15 is 0 Å². The summed E-state index contributed by atoms with van der Waals surface area (Å²) in [4.78, 5) is 4.17. The molecule has 0 aliphatic heterocycles. The summed E-state index contributed by atoms with van der Waals surface area (Å²) >= 11 is 0. The summed E-state index contributed by atoms with van der Waals surface area (Å²) < 4.78 is 0. The monoisotopic (exact) mass is 262 g/mol. The molecule has 0 spiro atoms. The van der Waals surface area contributed by atoms with E-state index < -0.39 is 0 Å². The highest BCUT2D eigenvalue weighted by molar-refractivity contribution is 5.84. The molecule has 1 N–H and O–H groups in total. The van der Waals surface area contributed by atoms with E-state index in [1.165, 1.54) is 27.5 Å². The van der Waals surface area contributed by atoms with Crippen molar-refractivity contribution in [2.45, 2.75) is 20.0 Å². The molecular formula is C18H18N2. The Morgan fingerprint density at radius 2 is 1.80 bits per heavy atom.